The highest BCUT2D eigenvalue weighted by Gasteiger charge is 2.15. The minimum absolute atomic E-state index is 0.111. The van der Waals surface area contributed by atoms with E-state index in [0.29, 0.717) is 16.8 Å². The summed E-state index contributed by atoms with van der Waals surface area (Å²) in [6, 6.07) is 44.3. The quantitative estimate of drug-likeness (QED) is 0.174. The maximum Gasteiger partial charge on any atom is 0.0645 e. The van der Waals surface area contributed by atoms with Crippen LogP contribution in [0, 0.1) is 0 Å². The van der Waals surface area contributed by atoms with Gasteiger partial charge in [0.05, 0.1) is 11.0 Å². The van der Waals surface area contributed by atoms with Gasteiger partial charge in [-0.25, -0.2) is 0 Å². The van der Waals surface area contributed by atoms with Crippen molar-refractivity contribution in [3.05, 3.63) is 200 Å². The van der Waals surface area contributed by atoms with Crippen molar-refractivity contribution < 1.29 is 11.0 Å². The SMILES string of the molecule is [2H]c1c([2H])c(N(c2cccc(-c3cccc4ccccc34)c2)c2c([2H])c([2H])c(-c3cccc(-c4ccccc4)c3)c([2H])c2[2H])c([2H])c([2H])c1-c1ccccc1. The molecule has 0 saturated carbocycles. The van der Waals surface area contributed by atoms with E-state index in [4.69, 9.17) is 2.74 Å². The largest absolute Gasteiger partial charge is 0.310 e. The van der Waals surface area contributed by atoms with Crippen LogP contribution in [0.5, 0.6) is 0 Å². The van der Waals surface area contributed by atoms with Gasteiger partial charge in [0.15, 0.2) is 0 Å². The molecule has 47 heavy (non-hydrogen) atoms. The highest BCUT2D eigenvalue weighted by molar-refractivity contribution is 5.97. The smallest absolute Gasteiger partial charge is 0.0645 e. The maximum atomic E-state index is 9.47. The maximum absolute atomic E-state index is 9.47. The second-order valence-electron chi connectivity index (χ2n) is 11.2. The Labute approximate surface area is 287 Å². The Hall–Kier alpha value is -6.18. The molecule has 8 aromatic rings. The third-order valence-electron chi connectivity index (χ3n) is 8.20. The first kappa shape index (κ1) is 20.8. The van der Waals surface area contributed by atoms with Gasteiger partial charge in [-0.1, -0.05) is 158 Å². The highest BCUT2D eigenvalue weighted by atomic mass is 15.1. The Kier molecular flexibility index (Phi) is 5.60. The molecule has 0 amide bonds. The van der Waals surface area contributed by atoms with Crippen LogP contribution >= 0.6 is 0 Å². The van der Waals surface area contributed by atoms with Gasteiger partial charge < -0.3 is 4.90 Å². The first-order chi connectivity index (χ1) is 26.7. The van der Waals surface area contributed by atoms with Crippen LogP contribution in [-0.2, 0) is 0 Å². The first-order valence-electron chi connectivity index (χ1n) is 19.5. The van der Waals surface area contributed by atoms with Gasteiger partial charge in [-0.05, 0) is 97.6 Å². The lowest BCUT2D eigenvalue weighted by Gasteiger charge is -2.26. The molecular weight excluding hydrogens is 567 g/mol. The molecular formula is C46H33N. The second kappa shape index (κ2) is 12.7. The van der Waals surface area contributed by atoms with Crippen molar-refractivity contribution in [2.45, 2.75) is 0 Å². The van der Waals surface area contributed by atoms with Crippen molar-refractivity contribution in [1.82, 2.24) is 0 Å². The molecule has 0 radical (unpaired) electrons. The first-order valence-corrected chi connectivity index (χ1v) is 15.5. The number of rotatable bonds is 7. The fourth-order valence-corrected chi connectivity index (χ4v) is 5.87. The molecule has 0 aliphatic carbocycles. The molecule has 0 aliphatic rings. The summed E-state index contributed by atoms with van der Waals surface area (Å²) in [5.74, 6) is 0. The predicted molar refractivity (Wildman–Crippen MR) is 200 cm³/mol. The Morgan fingerprint density at radius 2 is 0.787 bits per heavy atom. The monoisotopic (exact) mass is 607 g/mol. The van der Waals surface area contributed by atoms with Crippen molar-refractivity contribution in [1.29, 1.82) is 0 Å². The van der Waals surface area contributed by atoms with Crippen molar-refractivity contribution in [2.75, 3.05) is 4.90 Å². The summed E-state index contributed by atoms with van der Waals surface area (Å²) in [6.45, 7) is 0. The van der Waals surface area contributed by atoms with Gasteiger partial charge in [-0.15, -0.1) is 0 Å². The minimum Gasteiger partial charge on any atom is -0.310 e. The van der Waals surface area contributed by atoms with Gasteiger partial charge in [-0.3, -0.25) is 0 Å². The molecule has 0 heterocycles. The van der Waals surface area contributed by atoms with Gasteiger partial charge in [0, 0.05) is 17.1 Å². The molecule has 0 atom stereocenters. The summed E-state index contributed by atoms with van der Waals surface area (Å²) < 4.78 is 74.6. The summed E-state index contributed by atoms with van der Waals surface area (Å²) in [6.07, 6.45) is 0. The molecule has 0 bridgehead atoms. The number of hydrogen-bond acceptors (Lipinski definition) is 1. The zero-order chi connectivity index (χ0) is 38.4. The van der Waals surface area contributed by atoms with Crippen LogP contribution in [0.1, 0.15) is 11.0 Å². The van der Waals surface area contributed by atoms with Crippen LogP contribution in [0.25, 0.3) is 55.3 Å². The van der Waals surface area contributed by atoms with E-state index in [2.05, 4.69) is 0 Å². The van der Waals surface area contributed by atoms with E-state index >= 15 is 0 Å². The van der Waals surface area contributed by atoms with E-state index in [0.717, 1.165) is 33.0 Å². The van der Waals surface area contributed by atoms with E-state index in [-0.39, 0.29) is 70.8 Å². The van der Waals surface area contributed by atoms with E-state index < -0.39 is 0 Å². The van der Waals surface area contributed by atoms with Crippen LogP contribution in [0.4, 0.5) is 17.1 Å². The Bertz CT molecular complexity index is 2690. The average Bonchev–Trinajstić information content (AvgIpc) is 3.22. The van der Waals surface area contributed by atoms with Crippen molar-refractivity contribution >= 4 is 27.8 Å². The van der Waals surface area contributed by atoms with Gasteiger partial charge in [0.2, 0.25) is 0 Å². The predicted octanol–water partition coefficient (Wildman–Crippen LogP) is 13.0. The highest BCUT2D eigenvalue weighted by Crippen LogP contribution is 2.39. The van der Waals surface area contributed by atoms with Gasteiger partial charge in [0.25, 0.3) is 0 Å². The lowest BCUT2D eigenvalue weighted by Crippen LogP contribution is -2.10. The van der Waals surface area contributed by atoms with Crippen LogP contribution in [0.2, 0.25) is 0 Å². The van der Waals surface area contributed by atoms with Crippen LogP contribution in [0.3, 0.4) is 0 Å². The average molecular weight is 608 g/mol. The summed E-state index contributed by atoms with van der Waals surface area (Å²) in [7, 11) is 0. The topological polar surface area (TPSA) is 3.24 Å². The minimum atomic E-state index is -0.388. The van der Waals surface area contributed by atoms with Gasteiger partial charge >= 0.3 is 0 Å². The fraction of sp³-hybridized carbons (Fsp3) is 0. The Balaban J connectivity index is 1.39. The number of nitrogens with zero attached hydrogens (tertiary/aromatic N) is 1. The summed E-state index contributed by atoms with van der Waals surface area (Å²) in [5, 5.41) is 2.03. The Morgan fingerprint density at radius 3 is 1.47 bits per heavy atom. The molecule has 0 aliphatic heterocycles. The zero-order valence-electron chi connectivity index (χ0n) is 33.4. The lowest BCUT2D eigenvalue weighted by molar-refractivity contribution is 1.28. The number of fused-ring (bicyclic) bond motifs is 1. The Morgan fingerprint density at radius 1 is 0.319 bits per heavy atom. The van der Waals surface area contributed by atoms with E-state index in [1.54, 1.807) is 42.5 Å². The molecule has 0 aromatic heterocycles. The molecule has 1 nitrogen and oxygen atoms in total. The van der Waals surface area contributed by atoms with E-state index in [1.165, 1.54) is 4.90 Å². The van der Waals surface area contributed by atoms with Crippen LogP contribution in [-0.4, -0.2) is 0 Å². The van der Waals surface area contributed by atoms with Crippen LogP contribution < -0.4 is 4.90 Å². The van der Waals surface area contributed by atoms with E-state index in [9.17, 15) is 8.22 Å². The molecule has 0 N–H and O–H groups in total. The molecule has 0 saturated heterocycles. The number of anilines is 3. The number of hydrogen-bond donors (Lipinski definition) is 0. The second-order valence-corrected chi connectivity index (χ2v) is 11.2. The molecule has 0 unspecified atom stereocenters. The molecule has 0 spiro atoms. The third-order valence-corrected chi connectivity index (χ3v) is 8.20. The zero-order valence-corrected chi connectivity index (χ0v) is 25.4. The summed E-state index contributed by atoms with van der Waals surface area (Å²) in [4.78, 5) is 1.36. The molecule has 8 rings (SSSR count). The number of benzene rings is 8. The third kappa shape index (κ3) is 5.83. The molecule has 0 fully saturated rings. The summed E-state index contributed by atoms with van der Waals surface area (Å²) >= 11 is 0. The fourth-order valence-electron chi connectivity index (χ4n) is 5.87. The van der Waals surface area contributed by atoms with Crippen molar-refractivity contribution in [2.24, 2.45) is 0 Å². The van der Waals surface area contributed by atoms with Crippen molar-refractivity contribution in [3.63, 3.8) is 0 Å². The lowest BCUT2D eigenvalue weighted by atomic mass is 9.97. The standard InChI is InChI=1S/C46H33N/c1-3-12-34(13-4-1)36-24-28-42(29-25-36)47(44-21-10-20-41(33-44)46-23-11-17-38-16-7-8-22-45(38)46)43-30-26-37(27-31-43)40-19-9-18-39(32-40)35-14-5-2-6-15-35/h1-33H/i24D,25D,26D,27D,28D,29D,30D,31D. The van der Waals surface area contributed by atoms with E-state index in [1.807, 2.05) is 109 Å². The summed E-state index contributed by atoms with van der Waals surface area (Å²) in [5.41, 5.74) is 4.70. The van der Waals surface area contributed by atoms with Crippen molar-refractivity contribution in [3.8, 4) is 44.5 Å². The normalized spacial score (nSPS) is 13.4. The van der Waals surface area contributed by atoms with Gasteiger partial charge in [-0.2, -0.15) is 0 Å². The molecule has 222 valence electrons. The molecule has 8 aromatic carbocycles. The van der Waals surface area contributed by atoms with Gasteiger partial charge in [0.1, 0.15) is 0 Å². The molecule has 1 heteroatoms. The van der Waals surface area contributed by atoms with Crippen LogP contribution in [0.15, 0.2) is 200 Å².